The number of hydrogen-bond donors (Lipinski definition) is 0. The molecule has 0 aromatic heterocycles. The molecule has 0 atom stereocenters. The molecule has 0 fully saturated rings. The predicted molar refractivity (Wildman–Crippen MR) is 56.6 cm³/mol. The Bertz CT molecular complexity index is 512. The summed E-state index contributed by atoms with van der Waals surface area (Å²) in [5.41, 5.74) is 1.68. The fraction of sp³-hybridized carbons (Fsp3) is 0. The summed E-state index contributed by atoms with van der Waals surface area (Å²) in [5.74, 6) is -0.361. The molecule has 0 unspecified atom stereocenters. The fourth-order valence-corrected chi connectivity index (χ4v) is 1.44. The third kappa shape index (κ3) is 1.87. The molecule has 0 amide bonds. The van der Waals surface area contributed by atoms with E-state index in [1.54, 1.807) is 12.1 Å². The van der Waals surface area contributed by atoms with Crippen molar-refractivity contribution in [1.82, 2.24) is 0 Å². The van der Waals surface area contributed by atoms with E-state index >= 15 is 0 Å². The van der Waals surface area contributed by atoms with E-state index in [1.165, 1.54) is 6.07 Å². The van der Waals surface area contributed by atoms with Gasteiger partial charge in [0, 0.05) is 5.56 Å². The van der Waals surface area contributed by atoms with E-state index in [2.05, 4.69) is 0 Å². The molecule has 2 rings (SSSR count). The average molecular weight is 197 g/mol. The SMILES string of the molecule is N#Cc1ccc(-c2ccccc2)c(F)c1. The minimum absolute atomic E-state index is 0.340. The van der Waals surface area contributed by atoms with E-state index in [9.17, 15) is 4.39 Å². The first-order chi connectivity index (χ1) is 7.31. The molecule has 2 heteroatoms. The van der Waals surface area contributed by atoms with Crippen LogP contribution in [-0.2, 0) is 0 Å². The van der Waals surface area contributed by atoms with Crippen molar-refractivity contribution in [2.45, 2.75) is 0 Å². The van der Waals surface area contributed by atoms with Crippen LogP contribution in [0.1, 0.15) is 5.56 Å². The van der Waals surface area contributed by atoms with E-state index < -0.39 is 0 Å². The molecule has 0 radical (unpaired) electrons. The first kappa shape index (κ1) is 9.42. The summed E-state index contributed by atoms with van der Waals surface area (Å²) in [6.45, 7) is 0. The molecule has 1 nitrogen and oxygen atoms in total. The van der Waals surface area contributed by atoms with Crippen LogP contribution in [0.4, 0.5) is 4.39 Å². The molecule has 2 aromatic rings. The van der Waals surface area contributed by atoms with Crippen molar-refractivity contribution < 1.29 is 4.39 Å². The van der Waals surface area contributed by atoms with E-state index in [4.69, 9.17) is 5.26 Å². The number of nitriles is 1. The second-order valence-corrected chi connectivity index (χ2v) is 3.17. The fourth-order valence-electron chi connectivity index (χ4n) is 1.44. The predicted octanol–water partition coefficient (Wildman–Crippen LogP) is 3.36. The summed E-state index contributed by atoms with van der Waals surface area (Å²) < 4.78 is 13.6. The van der Waals surface area contributed by atoms with Crippen LogP contribution in [0.5, 0.6) is 0 Å². The molecule has 0 spiro atoms. The van der Waals surface area contributed by atoms with Gasteiger partial charge < -0.3 is 0 Å². The highest BCUT2D eigenvalue weighted by Crippen LogP contribution is 2.22. The van der Waals surface area contributed by atoms with Crippen molar-refractivity contribution in [2.24, 2.45) is 0 Å². The quantitative estimate of drug-likeness (QED) is 0.687. The highest BCUT2D eigenvalue weighted by molar-refractivity contribution is 5.64. The molecule has 0 bridgehead atoms. The zero-order chi connectivity index (χ0) is 10.7. The van der Waals surface area contributed by atoms with E-state index in [-0.39, 0.29) is 5.82 Å². The average Bonchev–Trinajstić information content (AvgIpc) is 2.30. The molecule has 0 aliphatic carbocycles. The van der Waals surface area contributed by atoms with Crippen LogP contribution in [0.3, 0.4) is 0 Å². The van der Waals surface area contributed by atoms with Crippen molar-refractivity contribution in [3.8, 4) is 17.2 Å². The molecule has 0 saturated carbocycles. The first-order valence-corrected chi connectivity index (χ1v) is 4.56. The number of rotatable bonds is 1. The second kappa shape index (κ2) is 3.93. The van der Waals surface area contributed by atoms with Crippen molar-refractivity contribution in [3.63, 3.8) is 0 Å². The highest BCUT2D eigenvalue weighted by atomic mass is 19.1. The number of nitrogens with zero attached hydrogens (tertiary/aromatic N) is 1. The van der Waals surface area contributed by atoms with Crippen LogP contribution in [0.15, 0.2) is 48.5 Å². The summed E-state index contributed by atoms with van der Waals surface area (Å²) in [6, 6.07) is 15.7. The maximum absolute atomic E-state index is 13.6. The lowest BCUT2D eigenvalue weighted by Crippen LogP contribution is -1.85. The molecule has 0 N–H and O–H groups in total. The van der Waals surface area contributed by atoms with Gasteiger partial charge in [-0.3, -0.25) is 0 Å². The van der Waals surface area contributed by atoms with E-state index in [0.29, 0.717) is 11.1 Å². The summed E-state index contributed by atoms with van der Waals surface area (Å²) >= 11 is 0. The minimum atomic E-state index is -0.361. The molecular weight excluding hydrogens is 189 g/mol. The lowest BCUT2D eigenvalue weighted by molar-refractivity contribution is 0.631. The Morgan fingerprint density at radius 3 is 2.33 bits per heavy atom. The highest BCUT2D eigenvalue weighted by Gasteiger charge is 2.04. The number of hydrogen-bond acceptors (Lipinski definition) is 1. The maximum atomic E-state index is 13.6. The van der Waals surface area contributed by atoms with Crippen molar-refractivity contribution >= 4 is 0 Å². The molecule has 2 aromatic carbocycles. The molecule has 0 saturated heterocycles. The van der Waals surface area contributed by atoms with Crippen LogP contribution in [0.2, 0.25) is 0 Å². The van der Waals surface area contributed by atoms with Crippen LogP contribution in [0.25, 0.3) is 11.1 Å². The van der Waals surface area contributed by atoms with Crippen molar-refractivity contribution in [2.75, 3.05) is 0 Å². The summed E-state index contributed by atoms with van der Waals surface area (Å²) in [6.07, 6.45) is 0. The molecule has 72 valence electrons. The molecule has 0 aliphatic rings. The largest absolute Gasteiger partial charge is 0.206 e. The van der Waals surface area contributed by atoms with Crippen molar-refractivity contribution in [1.29, 1.82) is 5.26 Å². The van der Waals surface area contributed by atoms with Gasteiger partial charge >= 0.3 is 0 Å². The third-order valence-corrected chi connectivity index (χ3v) is 2.18. The molecule has 15 heavy (non-hydrogen) atoms. The Labute approximate surface area is 87.4 Å². The van der Waals surface area contributed by atoms with Gasteiger partial charge in [0.25, 0.3) is 0 Å². The normalized spacial score (nSPS) is 9.60. The van der Waals surface area contributed by atoms with Gasteiger partial charge in [-0.25, -0.2) is 4.39 Å². The van der Waals surface area contributed by atoms with E-state index in [1.807, 2.05) is 36.4 Å². The maximum Gasteiger partial charge on any atom is 0.132 e. The molecular formula is C13H8FN. The van der Waals surface area contributed by atoms with Gasteiger partial charge in [-0.05, 0) is 17.7 Å². The Hall–Kier alpha value is -2.14. The van der Waals surface area contributed by atoms with Crippen LogP contribution < -0.4 is 0 Å². The number of halogens is 1. The zero-order valence-corrected chi connectivity index (χ0v) is 7.94. The number of benzene rings is 2. The molecule has 0 aliphatic heterocycles. The Morgan fingerprint density at radius 2 is 1.73 bits per heavy atom. The first-order valence-electron chi connectivity index (χ1n) is 4.56. The van der Waals surface area contributed by atoms with Gasteiger partial charge in [0.05, 0.1) is 11.6 Å². The minimum Gasteiger partial charge on any atom is -0.206 e. The second-order valence-electron chi connectivity index (χ2n) is 3.17. The summed E-state index contributed by atoms with van der Waals surface area (Å²) in [7, 11) is 0. The van der Waals surface area contributed by atoms with Crippen LogP contribution >= 0.6 is 0 Å². The summed E-state index contributed by atoms with van der Waals surface area (Å²) in [5, 5.41) is 8.61. The zero-order valence-electron chi connectivity index (χ0n) is 7.94. The lowest BCUT2D eigenvalue weighted by atomic mass is 10.0. The summed E-state index contributed by atoms with van der Waals surface area (Å²) in [4.78, 5) is 0. The Balaban J connectivity index is 2.52. The molecule has 0 heterocycles. The van der Waals surface area contributed by atoms with Crippen LogP contribution in [0, 0.1) is 17.1 Å². The topological polar surface area (TPSA) is 23.8 Å². The monoisotopic (exact) mass is 197 g/mol. The standard InChI is InChI=1S/C13H8FN/c14-13-8-10(9-15)6-7-12(13)11-4-2-1-3-5-11/h1-8H. The third-order valence-electron chi connectivity index (χ3n) is 2.18. The Kier molecular flexibility index (Phi) is 2.47. The van der Waals surface area contributed by atoms with Gasteiger partial charge in [-0.1, -0.05) is 36.4 Å². The van der Waals surface area contributed by atoms with Gasteiger partial charge in [0.1, 0.15) is 5.82 Å². The van der Waals surface area contributed by atoms with Gasteiger partial charge in [-0.2, -0.15) is 5.26 Å². The van der Waals surface area contributed by atoms with Crippen LogP contribution in [-0.4, -0.2) is 0 Å². The Morgan fingerprint density at radius 1 is 1.00 bits per heavy atom. The van der Waals surface area contributed by atoms with Crippen molar-refractivity contribution in [3.05, 3.63) is 59.9 Å². The van der Waals surface area contributed by atoms with Gasteiger partial charge in [-0.15, -0.1) is 0 Å². The lowest BCUT2D eigenvalue weighted by Gasteiger charge is -2.02. The smallest absolute Gasteiger partial charge is 0.132 e. The van der Waals surface area contributed by atoms with Gasteiger partial charge in [0.2, 0.25) is 0 Å². The van der Waals surface area contributed by atoms with Gasteiger partial charge in [0.15, 0.2) is 0 Å². The van der Waals surface area contributed by atoms with E-state index in [0.717, 1.165) is 5.56 Å².